The Balaban J connectivity index is 1.74. The van der Waals surface area contributed by atoms with E-state index in [0.717, 1.165) is 53.6 Å². The number of fused-ring (bicyclic) bond motifs is 2. The number of ether oxygens (including phenoxy) is 2. The summed E-state index contributed by atoms with van der Waals surface area (Å²) in [4.78, 5) is 18.0. The number of hydrogen-bond donors (Lipinski definition) is 1. The summed E-state index contributed by atoms with van der Waals surface area (Å²) >= 11 is 0. The second kappa shape index (κ2) is 8.52. The average molecular weight is 390 g/mol. The normalized spacial score (nSPS) is 12.5. The maximum Gasteiger partial charge on any atom is 0.252 e. The fourth-order valence-electron chi connectivity index (χ4n) is 3.82. The third kappa shape index (κ3) is 4.04. The molecular weight excluding hydrogens is 364 g/mol. The summed E-state index contributed by atoms with van der Waals surface area (Å²) in [7, 11) is 0. The van der Waals surface area contributed by atoms with Crippen molar-refractivity contribution >= 4 is 16.8 Å². The van der Waals surface area contributed by atoms with E-state index in [1.807, 2.05) is 48.5 Å². The van der Waals surface area contributed by atoms with Crippen molar-refractivity contribution in [1.29, 1.82) is 0 Å². The van der Waals surface area contributed by atoms with Crippen molar-refractivity contribution in [3.63, 3.8) is 0 Å². The van der Waals surface area contributed by atoms with Gasteiger partial charge in [0.2, 0.25) is 6.79 Å². The van der Waals surface area contributed by atoms with Crippen LogP contribution in [0.3, 0.4) is 0 Å². The van der Waals surface area contributed by atoms with Crippen molar-refractivity contribution in [1.82, 2.24) is 10.3 Å². The van der Waals surface area contributed by atoms with Crippen molar-refractivity contribution in [2.24, 2.45) is 0 Å². The second-order valence-electron chi connectivity index (χ2n) is 7.39. The van der Waals surface area contributed by atoms with Crippen LogP contribution in [-0.4, -0.2) is 23.7 Å². The molecule has 1 aliphatic heterocycles. The molecule has 0 aliphatic carbocycles. The highest BCUT2D eigenvalue weighted by molar-refractivity contribution is 6.07. The summed E-state index contributed by atoms with van der Waals surface area (Å²) in [6, 6.07) is 15.6. The van der Waals surface area contributed by atoms with E-state index in [2.05, 4.69) is 19.2 Å². The lowest BCUT2D eigenvalue weighted by Gasteiger charge is -2.18. The van der Waals surface area contributed by atoms with E-state index in [0.29, 0.717) is 11.3 Å². The zero-order chi connectivity index (χ0) is 20.2. The molecule has 29 heavy (non-hydrogen) atoms. The van der Waals surface area contributed by atoms with Crippen molar-refractivity contribution in [3.8, 4) is 22.8 Å². The van der Waals surface area contributed by atoms with Gasteiger partial charge in [-0.05, 0) is 43.2 Å². The lowest BCUT2D eigenvalue weighted by Crippen LogP contribution is -2.34. The average Bonchev–Trinajstić information content (AvgIpc) is 3.21. The minimum Gasteiger partial charge on any atom is -0.454 e. The molecule has 4 rings (SSSR count). The lowest BCUT2D eigenvalue weighted by atomic mass is 10.0. The van der Waals surface area contributed by atoms with Crippen molar-refractivity contribution < 1.29 is 14.3 Å². The highest BCUT2D eigenvalue weighted by atomic mass is 16.7. The topological polar surface area (TPSA) is 60.5 Å². The summed E-state index contributed by atoms with van der Waals surface area (Å²) in [5.74, 6) is 1.39. The smallest absolute Gasteiger partial charge is 0.252 e. The summed E-state index contributed by atoms with van der Waals surface area (Å²) in [6.45, 7) is 4.52. The third-order valence-electron chi connectivity index (χ3n) is 5.24. The molecule has 1 N–H and O–H groups in total. The maximum absolute atomic E-state index is 13.2. The minimum atomic E-state index is -0.0440. The van der Waals surface area contributed by atoms with Crippen LogP contribution in [-0.2, 0) is 0 Å². The summed E-state index contributed by atoms with van der Waals surface area (Å²) in [5, 5.41) is 4.10. The molecule has 0 spiro atoms. The lowest BCUT2D eigenvalue weighted by molar-refractivity contribution is 0.0934. The molecule has 0 unspecified atom stereocenters. The Bertz CT molecular complexity index is 1030. The molecule has 2 aromatic carbocycles. The number of pyridine rings is 1. The van der Waals surface area contributed by atoms with Gasteiger partial charge >= 0.3 is 0 Å². The van der Waals surface area contributed by atoms with Crippen LogP contribution in [0.25, 0.3) is 22.2 Å². The quantitative estimate of drug-likeness (QED) is 0.592. The predicted molar refractivity (Wildman–Crippen MR) is 114 cm³/mol. The number of para-hydroxylation sites is 1. The summed E-state index contributed by atoms with van der Waals surface area (Å²) < 4.78 is 10.9. The number of aromatic nitrogens is 1. The van der Waals surface area contributed by atoms with Gasteiger partial charge in [-0.15, -0.1) is 0 Å². The maximum atomic E-state index is 13.2. The number of nitrogens with zero attached hydrogens (tertiary/aromatic N) is 1. The highest BCUT2D eigenvalue weighted by Gasteiger charge is 2.19. The van der Waals surface area contributed by atoms with Crippen LogP contribution in [0.15, 0.2) is 48.5 Å². The van der Waals surface area contributed by atoms with Gasteiger partial charge in [-0.25, -0.2) is 4.98 Å². The molecule has 2 heterocycles. The van der Waals surface area contributed by atoms with Crippen molar-refractivity contribution in [2.45, 2.75) is 45.6 Å². The SMILES string of the molecule is CCCC(CCC)NC(=O)c1cc(-c2ccc3c(c2)OCO3)nc2ccccc12. The molecule has 1 amide bonds. The van der Waals surface area contributed by atoms with Crippen molar-refractivity contribution in [2.75, 3.05) is 6.79 Å². The number of nitrogens with one attached hydrogen (secondary N) is 1. The Hall–Kier alpha value is -3.08. The van der Waals surface area contributed by atoms with Crippen LogP contribution in [0.1, 0.15) is 49.9 Å². The minimum absolute atomic E-state index is 0.0440. The van der Waals surface area contributed by atoms with E-state index in [1.165, 1.54) is 0 Å². The van der Waals surface area contributed by atoms with Gasteiger partial charge in [-0.1, -0.05) is 44.9 Å². The van der Waals surface area contributed by atoms with Crippen LogP contribution < -0.4 is 14.8 Å². The fraction of sp³-hybridized carbons (Fsp3) is 0.333. The number of rotatable bonds is 7. The Morgan fingerprint density at radius 1 is 1.03 bits per heavy atom. The van der Waals surface area contributed by atoms with Gasteiger partial charge < -0.3 is 14.8 Å². The van der Waals surface area contributed by atoms with Gasteiger partial charge in [0.15, 0.2) is 11.5 Å². The zero-order valence-electron chi connectivity index (χ0n) is 16.9. The number of hydrogen-bond acceptors (Lipinski definition) is 4. The van der Waals surface area contributed by atoms with Gasteiger partial charge in [-0.3, -0.25) is 4.79 Å². The molecular formula is C24H26N2O3. The molecule has 5 heteroatoms. The van der Waals surface area contributed by atoms with Gasteiger partial charge in [0.05, 0.1) is 16.8 Å². The standard InChI is InChI=1S/C24H26N2O3/c1-3-7-17(8-4-2)25-24(27)19-14-21(26-20-10-6-5-9-18(19)20)16-11-12-22-23(13-16)29-15-28-22/h5-6,9-14,17H,3-4,7-8,15H2,1-2H3,(H,25,27). The Kier molecular flexibility index (Phi) is 5.65. The number of benzene rings is 2. The fourth-order valence-corrected chi connectivity index (χ4v) is 3.82. The van der Waals surface area contributed by atoms with Crippen LogP contribution in [0.4, 0.5) is 0 Å². The number of carbonyl (C=O) groups is 1. The molecule has 0 atom stereocenters. The van der Waals surface area contributed by atoms with Gasteiger partial charge in [-0.2, -0.15) is 0 Å². The molecule has 0 radical (unpaired) electrons. The van der Waals surface area contributed by atoms with Gasteiger partial charge in [0.1, 0.15) is 0 Å². The van der Waals surface area contributed by atoms with Gasteiger partial charge in [0.25, 0.3) is 5.91 Å². The van der Waals surface area contributed by atoms with E-state index in [1.54, 1.807) is 0 Å². The molecule has 0 saturated carbocycles. The molecule has 3 aromatic rings. The molecule has 1 aliphatic rings. The Morgan fingerprint density at radius 2 is 1.79 bits per heavy atom. The van der Waals surface area contributed by atoms with Crippen LogP contribution in [0, 0.1) is 0 Å². The first-order valence-corrected chi connectivity index (χ1v) is 10.3. The number of amides is 1. The molecule has 0 bridgehead atoms. The largest absolute Gasteiger partial charge is 0.454 e. The van der Waals surface area contributed by atoms with Crippen molar-refractivity contribution in [3.05, 3.63) is 54.1 Å². The molecule has 5 nitrogen and oxygen atoms in total. The van der Waals surface area contributed by atoms with E-state index >= 15 is 0 Å². The number of carbonyl (C=O) groups excluding carboxylic acids is 1. The first-order valence-electron chi connectivity index (χ1n) is 10.3. The van der Waals surface area contributed by atoms with Crippen LogP contribution in [0.5, 0.6) is 11.5 Å². The van der Waals surface area contributed by atoms with Crippen LogP contribution in [0.2, 0.25) is 0 Å². The molecule has 1 aromatic heterocycles. The zero-order valence-corrected chi connectivity index (χ0v) is 16.9. The second-order valence-corrected chi connectivity index (χ2v) is 7.39. The molecule has 0 saturated heterocycles. The highest BCUT2D eigenvalue weighted by Crippen LogP contribution is 2.36. The van der Waals surface area contributed by atoms with E-state index in [4.69, 9.17) is 14.5 Å². The van der Waals surface area contributed by atoms with E-state index in [-0.39, 0.29) is 18.7 Å². The monoisotopic (exact) mass is 390 g/mol. The van der Waals surface area contributed by atoms with E-state index < -0.39 is 0 Å². The summed E-state index contributed by atoms with van der Waals surface area (Å²) in [6.07, 6.45) is 4.06. The Labute approximate surface area is 171 Å². The molecule has 150 valence electrons. The Morgan fingerprint density at radius 3 is 2.59 bits per heavy atom. The molecule has 0 fully saturated rings. The van der Waals surface area contributed by atoms with Gasteiger partial charge in [0, 0.05) is 17.0 Å². The first-order chi connectivity index (χ1) is 14.2. The first kappa shape index (κ1) is 19.2. The summed E-state index contributed by atoms with van der Waals surface area (Å²) in [5.41, 5.74) is 3.10. The van der Waals surface area contributed by atoms with E-state index in [9.17, 15) is 4.79 Å². The van der Waals surface area contributed by atoms with Crippen LogP contribution >= 0.6 is 0 Å². The third-order valence-corrected chi connectivity index (χ3v) is 5.24. The predicted octanol–water partition coefficient (Wildman–Crippen LogP) is 5.33.